The van der Waals surface area contributed by atoms with Gasteiger partial charge in [0.2, 0.25) is 0 Å². The zero-order chi connectivity index (χ0) is 4.24. The lowest BCUT2D eigenvalue weighted by Gasteiger charge is -1.70. The van der Waals surface area contributed by atoms with Crippen LogP contribution in [0.25, 0.3) is 0 Å². The van der Waals surface area contributed by atoms with Crippen LogP contribution in [0.1, 0.15) is 0 Å². The van der Waals surface area contributed by atoms with E-state index < -0.39 is 0 Å². The smallest absolute Gasteiger partial charge is 0.0267 e. The molecule has 0 N–H and O–H groups in total. The van der Waals surface area contributed by atoms with Crippen LogP contribution in [0.3, 0.4) is 0 Å². The molecule has 41 valence electrons. The highest BCUT2D eigenvalue weighted by Crippen LogP contribution is 1.73. The van der Waals surface area contributed by atoms with Gasteiger partial charge in [0.1, 0.15) is 0 Å². The summed E-state index contributed by atoms with van der Waals surface area (Å²) in [7, 11) is 0. The summed E-state index contributed by atoms with van der Waals surface area (Å²) in [4.78, 5) is 3.78. The van der Waals surface area contributed by atoms with Gasteiger partial charge in [0.25, 0.3) is 0 Å². The Morgan fingerprint density at radius 1 is 0.875 bits per heavy atom. The minimum atomic E-state index is 0. The second kappa shape index (κ2) is 6.97. The van der Waals surface area contributed by atoms with E-state index >= 15 is 0 Å². The van der Waals surface area contributed by atoms with Crippen molar-refractivity contribution in [2.45, 2.75) is 0 Å². The van der Waals surface area contributed by atoms with Crippen LogP contribution in [-0.4, -0.2) is 22.3 Å². The fourth-order valence-electron chi connectivity index (χ4n) is 0.313. The molecule has 3 heteroatoms. The molecule has 0 saturated carbocycles. The highest BCUT2D eigenvalue weighted by molar-refractivity contribution is 5.85. The monoisotopic (exact) mass is 142 g/mol. The van der Waals surface area contributed by atoms with Crippen molar-refractivity contribution in [2.24, 2.45) is 0 Å². The molecule has 0 aliphatic carbocycles. The van der Waals surface area contributed by atoms with Crippen LogP contribution in [0.4, 0.5) is 0 Å². The second-order valence-corrected chi connectivity index (χ2v) is 1.02. The van der Waals surface area contributed by atoms with E-state index in [9.17, 15) is 0 Å². The molecule has 0 amide bonds. The standard InChI is InChI=1S/C5H5N.Al.ClH/c1-2-4-6-5-3-1;;/h1-5H;;1H. The Kier molecular flexibility index (Phi) is 9.47. The van der Waals surface area contributed by atoms with Gasteiger partial charge in [-0.05, 0) is 12.1 Å². The number of hydrogen-bond acceptors (Lipinski definition) is 1. The van der Waals surface area contributed by atoms with Gasteiger partial charge in [-0.15, -0.1) is 12.4 Å². The quantitative estimate of drug-likeness (QED) is 0.495. The molecule has 0 unspecified atom stereocenters. The molecule has 0 fully saturated rings. The molecular formula is C5H6AlClN. The molecular weight excluding hydrogens is 136 g/mol. The summed E-state index contributed by atoms with van der Waals surface area (Å²) in [6.45, 7) is 0. The molecule has 0 aromatic carbocycles. The number of rotatable bonds is 0. The minimum Gasteiger partial charge on any atom is -0.265 e. The normalized spacial score (nSPS) is 6.00. The van der Waals surface area contributed by atoms with Gasteiger partial charge in [-0.2, -0.15) is 0 Å². The highest BCUT2D eigenvalue weighted by Gasteiger charge is 1.58. The van der Waals surface area contributed by atoms with Crippen LogP contribution in [-0.2, 0) is 0 Å². The van der Waals surface area contributed by atoms with Crippen molar-refractivity contribution in [1.82, 2.24) is 4.98 Å². The third-order valence-corrected chi connectivity index (χ3v) is 0.566. The van der Waals surface area contributed by atoms with E-state index in [1.54, 1.807) is 12.4 Å². The van der Waals surface area contributed by atoms with E-state index in [1.165, 1.54) is 0 Å². The Morgan fingerprint density at radius 2 is 1.38 bits per heavy atom. The molecule has 0 saturated heterocycles. The summed E-state index contributed by atoms with van der Waals surface area (Å²) in [6, 6.07) is 5.72. The van der Waals surface area contributed by atoms with E-state index in [-0.39, 0.29) is 29.8 Å². The first kappa shape index (κ1) is 10.9. The summed E-state index contributed by atoms with van der Waals surface area (Å²) >= 11 is 0. The van der Waals surface area contributed by atoms with Crippen molar-refractivity contribution in [1.29, 1.82) is 0 Å². The molecule has 0 aliphatic heterocycles. The largest absolute Gasteiger partial charge is 0.265 e. The number of hydrogen-bond donors (Lipinski definition) is 0. The molecule has 1 rings (SSSR count). The van der Waals surface area contributed by atoms with Crippen LogP contribution < -0.4 is 0 Å². The highest BCUT2D eigenvalue weighted by atomic mass is 35.5. The maximum Gasteiger partial charge on any atom is 0.0267 e. The third kappa shape index (κ3) is 4.14. The molecule has 1 aromatic rings. The fraction of sp³-hybridized carbons (Fsp3) is 0. The van der Waals surface area contributed by atoms with Crippen molar-refractivity contribution in [2.75, 3.05) is 0 Å². The predicted octanol–water partition coefficient (Wildman–Crippen LogP) is 1.12. The van der Waals surface area contributed by atoms with Gasteiger partial charge in [0, 0.05) is 29.8 Å². The predicted molar refractivity (Wildman–Crippen MR) is 37.2 cm³/mol. The molecule has 1 heterocycles. The van der Waals surface area contributed by atoms with Gasteiger partial charge in [-0.25, -0.2) is 0 Å². The van der Waals surface area contributed by atoms with Gasteiger partial charge >= 0.3 is 0 Å². The number of halogens is 1. The van der Waals surface area contributed by atoms with E-state index in [0.29, 0.717) is 0 Å². The molecule has 8 heavy (non-hydrogen) atoms. The Bertz CT molecular complexity index is 84.4. The van der Waals surface area contributed by atoms with Gasteiger partial charge in [-0.1, -0.05) is 6.07 Å². The summed E-state index contributed by atoms with van der Waals surface area (Å²) in [5.74, 6) is 0. The van der Waals surface area contributed by atoms with Gasteiger partial charge in [0.05, 0.1) is 0 Å². The summed E-state index contributed by atoms with van der Waals surface area (Å²) < 4.78 is 0. The van der Waals surface area contributed by atoms with Crippen molar-refractivity contribution in [3.63, 3.8) is 0 Å². The summed E-state index contributed by atoms with van der Waals surface area (Å²) in [5, 5.41) is 0. The SMILES string of the molecule is Cl.[Al].c1ccncc1. The Balaban J connectivity index is 0. The summed E-state index contributed by atoms with van der Waals surface area (Å²) in [6.07, 6.45) is 3.50. The molecule has 1 aromatic heterocycles. The van der Waals surface area contributed by atoms with E-state index in [0.717, 1.165) is 0 Å². The first-order valence-electron chi connectivity index (χ1n) is 1.85. The topological polar surface area (TPSA) is 12.9 Å². The molecule has 0 aliphatic rings. The second-order valence-electron chi connectivity index (χ2n) is 1.02. The van der Waals surface area contributed by atoms with Gasteiger partial charge < -0.3 is 0 Å². The first-order valence-corrected chi connectivity index (χ1v) is 1.85. The van der Waals surface area contributed by atoms with Gasteiger partial charge in [-0.3, -0.25) is 4.98 Å². The maximum atomic E-state index is 3.78. The Hall–Kier alpha value is -0.0275. The van der Waals surface area contributed by atoms with Crippen LogP contribution in [0.15, 0.2) is 30.6 Å². The Morgan fingerprint density at radius 3 is 1.50 bits per heavy atom. The number of aromatic nitrogens is 1. The number of nitrogens with zero attached hydrogens (tertiary/aromatic N) is 1. The van der Waals surface area contributed by atoms with Crippen molar-refractivity contribution >= 4 is 29.8 Å². The Labute approximate surface area is 65.7 Å². The molecule has 0 atom stereocenters. The van der Waals surface area contributed by atoms with Crippen LogP contribution >= 0.6 is 12.4 Å². The van der Waals surface area contributed by atoms with Crippen molar-refractivity contribution in [3.05, 3.63) is 30.6 Å². The zero-order valence-electron chi connectivity index (χ0n) is 4.32. The van der Waals surface area contributed by atoms with E-state index in [1.807, 2.05) is 18.2 Å². The van der Waals surface area contributed by atoms with Crippen LogP contribution in [0, 0.1) is 0 Å². The fourth-order valence-corrected chi connectivity index (χ4v) is 0.313. The maximum absolute atomic E-state index is 3.78. The molecule has 0 bridgehead atoms. The molecule has 1 nitrogen and oxygen atoms in total. The summed E-state index contributed by atoms with van der Waals surface area (Å²) in [5.41, 5.74) is 0. The average molecular weight is 143 g/mol. The first-order chi connectivity index (χ1) is 3.00. The van der Waals surface area contributed by atoms with E-state index in [2.05, 4.69) is 4.98 Å². The lowest BCUT2D eigenvalue weighted by Crippen LogP contribution is -1.58. The zero-order valence-corrected chi connectivity index (χ0v) is 6.29. The van der Waals surface area contributed by atoms with Crippen LogP contribution in [0.5, 0.6) is 0 Å². The lowest BCUT2D eigenvalue weighted by atomic mass is 10.5. The van der Waals surface area contributed by atoms with Crippen molar-refractivity contribution < 1.29 is 0 Å². The third-order valence-electron chi connectivity index (χ3n) is 0.566. The average Bonchev–Trinajstić information content (AvgIpc) is 1.72. The lowest BCUT2D eigenvalue weighted by molar-refractivity contribution is 1.33. The van der Waals surface area contributed by atoms with Crippen LogP contribution in [0.2, 0.25) is 0 Å². The van der Waals surface area contributed by atoms with Crippen molar-refractivity contribution in [3.8, 4) is 0 Å². The minimum absolute atomic E-state index is 0. The molecule has 3 radical (unpaired) electrons. The van der Waals surface area contributed by atoms with E-state index in [4.69, 9.17) is 0 Å². The number of pyridine rings is 1. The molecule has 0 spiro atoms. The van der Waals surface area contributed by atoms with Gasteiger partial charge in [0.15, 0.2) is 0 Å².